The number of aromatic nitrogens is 5. The van der Waals surface area contributed by atoms with E-state index in [0.29, 0.717) is 22.0 Å². The lowest BCUT2D eigenvalue weighted by atomic mass is 10.3. The van der Waals surface area contributed by atoms with Crippen molar-refractivity contribution in [3.05, 3.63) is 71.4 Å². The van der Waals surface area contributed by atoms with Crippen molar-refractivity contribution in [1.29, 1.82) is 0 Å². The number of carbonyl (C=O) groups excluding carboxylic acids is 1. The number of esters is 1. The SMILES string of the molecule is COC(=O)c1cccn2cc(CSc3nncn3-c3cccc(Cl)c3)nc12. The molecule has 9 heteroatoms. The molecular formula is C18H14ClN5O2S. The second-order valence-electron chi connectivity index (χ2n) is 5.63. The molecule has 0 saturated heterocycles. The van der Waals surface area contributed by atoms with Gasteiger partial charge in [-0.2, -0.15) is 0 Å². The first-order chi connectivity index (χ1) is 13.2. The van der Waals surface area contributed by atoms with Crippen LogP contribution in [0.25, 0.3) is 11.3 Å². The molecule has 4 rings (SSSR count). The van der Waals surface area contributed by atoms with Crippen LogP contribution in [0.5, 0.6) is 0 Å². The quantitative estimate of drug-likeness (QED) is 0.376. The van der Waals surface area contributed by atoms with E-state index in [9.17, 15) is 4.79 Å². The van der Waals surface area contributed by atoms with Gasteiger partial charge in [-0.3, -0.25) is 4.57 Å². The van der Waals surface area contributed by atoms with Crippen LogP contribution in [-0.4, -0.2) is 37.2 Å². The minimum absolute atomic E-state index is 0.411. The van der Waals surface area contributed by atoms with Gasteiger partial charge in [0.05, 0.1) is 18.5 Å². The monoisotopic (exact) mass is 399 g/mol. The first-order valence-corrected chi connectivity index (χ1v) is 9.36. The third kappa shape index (κ3) is 3.54. The van der Waals surface area contributed by atoms with Gasteiger partial charge in [0.1, 0.15) is 11.9 Å². The second kappa shape index (κ2) is 7.42. The van der Waals surface area contributed by atoms with Crippen LogP contribution in [0.15, 0.2) is 60.3 Å². The summed E-state index contributed by atoms with van der Waals surface area (Å²) in [7, 11) is 1.36. The number of nitrogens with zero attached hydrogens (tertiary/aromatic N) is 5. The Hall–Kier alpha value is -2.84. The van der Waals surface area contributed by atoms with Crippen molar-refractivity contribution >= 4 is 35.0 Å². The van der Waals surface area contributed by atoms with Crippen molar-refractivity contribution in [1.82, 2.24) is 24.1 Å². The summed E-state index contributed by atoms with van der Waals surface area (Å²) in [6.45, 7) is 0. The van der Waals surface area contributed by atoms with Crippen molar-refractivity contribution in [2.24, 2.45) is 0 Å². The average Bonchev–Trinajstić information content (AvgIpc) is 3.31. The third-order valence-electron chi connectivity index (χ3n) is 3.89. The molecule has 3 aromatic heterocycles. The molecule has 0 saturated carbocycles. The van der Waals surface area contributed by atoms with Gasteiger partial charge in [-0.25, -0.2) is 9.78 Å². The number of carbonyl (C=O) groups is 1. The van der Waals surface area contributed by atoms with Crippen molar-refractivity contribution in [2.45, 2.75) is 10.9 Å². The van der Waals surface area contributed by atoms with E-state index < -0.39 is 5.97 Å². The second-order valence-corrected chi connectivity index (χ2v) is 7.01. The van der Waals surface area contributed by atoms with Gasteiger partial charge in [-0.15, -0.1) is 10.2 Å². The molecule has 136 valence electrons. The summed E-state index contributed by atoms with van der Waals surface area (Å²) in [6.07, 6.45) is 5.37. The summed E-state index contributed by atoms with van der Waals surface area (Å²) < 4.78 is 8.49. The van der Waals surface area contributed by atoms with Crippen LogP contribution in [0.1, 0.15) is 16.1 Å². The summed E-state index contributed by atoms with van der Waals surface area (Å²) in [6, 6.07) is 11.0. The maximum Gasteiger partial charge on any atom is 0.341 e. The molecule has 0 aliphatic rings. The fourth-order valence-corrected chi connectivity index (χ4v) is 3.66. The zero-order valence-corrected chi connectivity index (χ0v) is 15.8. The molecule has 1 aromatic carbocycles. The molecule has 7 nitrogen and oxygen atoms in total. The van der Waals surface area contributed by atoms with Gasteiger partial charge in [0.2, 0.25) is 0 Å². The summed E-state index contributed by atoms with van der Waals surface area (Å²) in [5.41, 5.74) is 2.70. The van der Waals surface area contributed by atoms with Crippen LogP contribution in [0.4, 0.5) is 0 Å². The molecule has 3 heterocycles. The first-order valence-electron chi connectivity index (χ1n) is 7.99. The molecule has 0 amide bonds. The van der Waals surface area contributed by atoms with Gasteiger partial charge in [-0.1, -0.05) is 29.4 Å². The Kier molecular flexibility index (Phi) is 4.83. The molecule has 0 bridgehead atoms. The number of imidazole rings is 1. The number of fused-ring (bicyclic) bond motifs is 1. The molecule has 27 heavy (non-hydrogen) atoms. The molecule has 0 aliphatic heterocycles. The van der Waals surface area contributed by atoms with Gasteiger partial charge < -0.3 is 9.14 Å². The number of benzene rings is 1. The Morgan fingerprint density at radius 1 is 1.30 bits per heavy atom. The van der Waals surface area contributed by atoms with Gasteiger partial charge in [0, 0.05) is 23.2 Å². The van der Waals surface area contributed by atoms with Crippen LogP contribution in [0.3, 0.4) is 0 Å². The van der Waals surface area contributed by atoms with E-state index in [0.717, 1.165) is 16.5 Å². The Balaban J connectivity index is 1.58. The highest BCUT2D eigenvalue weighted by Crippen LogP contribution is 2.25. The Morgan fingerprint density at radius 2 is 2.19 bits per heavy atom. The van der Waals surface area contributed by atoms with Crippen LogP contribution in [-0.2, 0) is 10.5 Å². The number of hydrogen-bond acceptors (Lipinski definition) is 6. The van der Waals surface area contributed by atoms with Gasteiger partial charge in [0.15, 0.2) is 10.8 Å². The molecule has 0 fully saturated rings. The van der Waals surface area contributed by atoms with Gasteiger partial charge in [0.25, 0.3) is 0 Å². The standard InChI is InChI=1S/C18H14ClN5O2S/c1-26-17(25)15-6-3-7-23-9-13(21-16(15)23)10-27-18-22-20-11-24(18)14-5-2-4-12(19)8-14/h2-9,11H,10H2,1H3. The van der Waals surface area contributed by atoms with E-state index in [1.54, 1.807) is 18.5 Å². The van der Waals surface area contributed by atoms with E-state index in [-0.39, 0.29) is 0 Å². The van der Waals surface area contributed by atoms with Crippen LogP contribution >= 0.6 is 23.4 Å². The number of hydrogen-bond donors (Lipinski definition) is 0. The molecule has 0 spiro atoms. The zero-order valence-electron chi connectivity index (χ0n) is 14.2. The van der Waals surface area contributed by atoms with Crippen LogP contribution < -0.4 is 0 Å². The number of methoxy groups -OCH3 is 1. The van der Waals surface area contributed by atoms with E-state index in [1.807, 2.05) is 45.6 Å². The average molecular weight is 400 g/mol. The van der Waals surface area contributed by atoms with Crippen molar-refractivity contribution in [2.75, 3.05) is 7.11 Å². The zero-order chi connectivity index (χ0) is 18.8. The maximum atomic E-state index is 11.9. The van der Waals surface area contributed by atoms with Crippen molar-refractivity contribution < 1.29 is 9.53 Å². The number of rotatable bonds is 5. The van der Waals surface area contributed by atoms with Gasteiger partial charge in [-0.05, 0) is 30.3 Å². The van der Waals surface area contributed by atoms with Crippen LogP contribution in [0, 0.1) is 0 Å². The van der Waals surface area contributed by atoms with E-state index in [4.69, 9.17) is 16.3 Å². The normalized spacial score (nSPS) is 11.0. The van der Waals surface area contributed by atoms with Crippen LogP contribution in [0.2, 0.25) is 5.02 Å². The predicted molar refractivity (Wildman–Crippen MR) is 102 cm³/mol. The fraction of sp³-hybridized carbons (Fsp3) is 0.111. The molecule has 0 atom stereocenters. The molecule has 0 N–H and O–H groups in total. The number of thioether (sulfide) groups is 1. The highest BCUT2D eigenvalue weighted by molar-refractivity contribution is 7.98. The highest BCUT2D eigenvalue weighted by Gasteiger charge is 2.14. The highest BCUT2D eigenvalue weighted by atomic mass is 35.5. The largest absolute Gasteiger partial charge is 0.465 e. The van der Waals surface area contributed by atoms with Crippen molar-refractivity contribution in [3.8, 4) is 5.69 Å². The summed E-state index contributed by atoms with van der Waals surface area (Å²) in [5.74, 6) is 0.160. The molecule has 0 unspecified atom stereocenters. The predicted octanol–water partition coefficient (Wildman–Crippen LogP) is 3.65. The molecule has 0 radical (unpaired) electrons. The van der Waals surface area contributed by atoms with E-state index >= 15 is 0 Å². The molecular weight excluding hydrogens is 386 g/mol. The summed E-state index contributed by atoms with van der Waals surface area (Å²) in [4.78, 5) is 16.5. The lowest BCUT2D eigenvalue weighted by Crippen LogP contribution is -2.03. The first kappa shape index (κ1) is 17.6. The number of pyridine rings is 1. The minimum atomic E-state index is -0.411. The van der Waals surface area contributed by atoms with E-state index in [1.165, 1.54) is 18.9 Å². The third-order valence-corrected chi connectivity index (χ3v) is 5.10. The lowest BCUT2D eigenvalue weighted by molar-refractivity contribution is 0.0602. The maximum absolute atomic E-state index is 11.9. The summed E-state index contributed by atoms with van der Waals surface area (Å²) >= 11 is 7.57. The van der Waals surface area contributed by atoms with Gasteiger partial charge >= 0.3 is 5.97 Å². The minimum Gasteiger partial charge on any atom is -0.465 e. The van der Waals surface area contributed by atoms with Crippen molar-refractivity contribution in [3.63, 3.8) is 0 Å². The molecule has 4 aromatic rings. The molecule has 0 aliphatic carbocycles. The number of ether oxygens (including phenoxy) is 1. The Bertz CT molecular complexity index is 1120. The fourth-order valence-electron chi connectivity index (χ4n) is 2.67. The lowest BCUT2D eigenvalue weighted by Gasteiger charge is -2.05. The number of halogens is 1. The topological polar surface area (TPSA) is 74.3 Å². The van der Waals surface area contributed by atoms with E-state index in [2.05, 4.69) is 15.2 Å². The smallest absolute Gasteiger partial charge is 0.341 e. The Labute approximate surface area is 164 Å². The Morgan fingerprint density at radius 3 is 3.00 bits per heavy atom. The summed E-state index contributed by atoms with van der Waals surface area (Å²) in [5, 5.41) is 9.54.